The van der Waals surface area contributed by atoms with Crippen LogP contribution in [0.4, 0.5) is 0 Å². The van der Waals surface area contributed by atoms with E-state index in [1.807, 2.05) is 24.4 Å². The maximum Gasteiger partial charge on any atom is 0.311 e. The number of carbonyl (C=O) groups excluding carboxylic acids is 1. The van der Waals surface area contributed by atoms with Crippen LogP contribution in [0.25, 0.3) is 10.9 Å². The molecule has 2 aromatic rings. The molecule has 0 saturated carbocycles. The zero-order valence-electron chi connectivity index (χ0n) is 14.0. The molecule has 1 aromatic heterocycles. The highest BCUT2D eigenvalue weighted by Gasteiger charge is 2.39. The summed E-state index contributed by atoms with van der Waals surface area (Å²) >= 11 is 0. The number of hydrogen-bond donors (Lipinski definition) is 2. The number of hydrogen-bond acceptors (Lipinski definition) is 3. The van der Waals surface area contributed by atoms with Crippen molar-refractivity contribution in [3.8, 4) is 5.75 Å². The molecule has 6 heteroatoms. The summed E-state index contributed by atoms with van der Waals surface area (Å²) in [6, 6.07) is 5.70. The lowest BCUT2D eigenvalue weighted by atomic mass is 9.82. The first-order valence-corrected chi connectivity index (χ1v) is 8.08. The predicted molar refractivity (Wildman–Crippen MR) is 90.1 cm³/mol. The lowest BCUT2D eigenvalue weighted by Crippen LogP contribution is -2.48. The van der Waals surface area contributed by atoms with Gasteiger partial charge < -0.3 is 19.7 Å². The fourth-order valence-electron chi connectivity index (χ4n) is 3.33. The number of piperidine rings is 1. The van der Waals surface area contributed by atoms with Gasteiger partial charge in [-0.05, 0) is 43.5 Å². The molecule has 0 aliphatic carbocycles. The number of nitrogens with one attached hydrogen (secondary N) is 1. The van der Waals surface area contributed by atoms with Gasteiger partial charge in [-0.2, -0.15) is 0 Å². The first kappa shape index (κ1) is 16.4. The van der Waals surface area contributed by atoms with Gasteiger partial charge >= 0.3 is 5.97 Å². The molecular formula is C18H22N2O4. The highest BCUT2D eigenvalue weighted by atomic mass is 16.5. The molecular weight excluding hydrogens is 308 g/mol. The summed E-state index contributed by atoms with van der Waals surface area (Å²) in [7, 11) is 1.61. The number of rotatable bonds is 4. The van der Waals surface area contributed by atoms with Gasteiger partial charge in [0.25, 0.3) is 0 Å². The predicted octanol–water partition coefficient (Wildman–Crippen LogP) is 2.43. The first-order valence-electron chi connectivity index (χ1n) is 8.08. The summed E-state index contributed by atoms with van der Waals surface area (Å²) in [5.41, 5.74) is 1.00. The van der Waals surface area contributed by atoms with Crippen molar-refractivity contribution in [2.45, 2.75) is 26.2 Å². The maximum absolute atomic E-state index is 12.7. The lowest BCUT2D eigenvalue weighted by molar-refractivity contribution is -0.153. The summed E-state index contributed by atoms with van der Waals surface area (Å²) in [4.78, 5) is 29.0. The summed E-state index contributed by atoms with van der Waals surface area (Å²) in [5.74, 6) is -0.130. The number of fused-ring (bicyclic) bond motifs is 1. The van der Waals surface area contributed by atoms with E-state index >= 15 is 0 Å². The first-order chi connectivity index (χ1) is 11.4. The van der Waals surface area contributed by atoms with Crippen LogP contribution in [0.5, 0.6) is 5.75 Å². The molecule has 0 spiro atoms. The van der Waals surface area contributed by atoms with Crippen molar-refractivity contribution < 1.29 is 19.4 Å². The van der Waals surface area contributed by atoms with Crippen molar-refractivity contribution >= 4 is 22.8 Å². The van der Waals surface area contributed by atoms with Gasteiger partial charge in [-0.3, -0.25) is 9.59 Å². The summed E-state index contributed by atoms with van der Waals surface area (Å²) < 4.78 is 5.25. The second-order valence-corrected chi connectivity index (χ2v) is 6.69. The molecule has 24 heavy (non-hydrogen) atoms. The molecule has 2 N–H and O–H groups in total. The SMILES string of the molecule is COc1ccc2[nH]cc(CC(=O)N3CCCC(C)(C(=O)O)C3)c2c1. The van der Waals surface area contributed by atoms with Gasteiger partial charge in [0.1, 0.15) is 5.75 Å². The van der Waals surface area contributed by atoms with Gasteiger partial charge in [0.15, 0.2) is 0 Å². The third kappa shape index (κ3) is 2.96. The summed E-state index contributed by atoms with van der Waals surface area (Å²) in [5, 5.41) is 10.4. The monoisotopic (exact) mass is 330 g/mol. The van der Waals surface area contributed by atoms with E-state index < -0.39 is 11.4 Å². The average Bonchev–Trinajstić information content (AvgIpc) is 2.96. The van der Waals surface area contributed by atoms with Crippen molar-refractivity contribution in [3.63, 3.8) is 0 Å². The van der Waals surface area contributed by atoms with Crippen LogP contribution in [0, 0.1) is 5.41 Å². The quantitative estimate of drug-likeness (QED) is 0.902. The van der Waals surface area contributed by atoms with Crippen LogP contribution in [-0.4, -0.2) is 47.1 Å². The highest BCUT2D eigenvalue weighted by Crippen LogP contribution is 2.30. The van der Waals surface area contributed by atoms with Crippen LogP contribution >= 0.6 is 0 Å². The Balaban J connectivity index is 1.78. The number of H-pyrrole nitrogens is 1. The van der Waals surface area contributed by atoms with E-state index in [0.29, 0.717) is 13.0 Å². The molecule has 128 valence electrons. The Kier molecular flexibility index (Phi) is 4.22. The third-order valence-corrected chi connectivity index (χ3v) is 4.88. The highest BCUT2D eigenvalue weighted by molar-refractivity contribution is 5.90. The number of aromatic amines is 1. The second kappa shape index (κ2) is 6.19. The number of methoxy groups -OCH3 is 1. The van der Waals surface area contributed by atoms with Crippen molar-refractivity contribution in [1.82, 2.24) is 9.88 Å². The minimum absolute atomic E-state index is 0.0362. The molecule has 1 amide bonds. The minimum atomic E-state index is -0.850. The molecule has 1 aliphatic rings. The van der Waals surface area contributed by atoms with Crippen LogP contribution in [0.3, 0.4) is 0 Å². The Morgan fingerprint density at radius 3 is 2.92 bits per heavy atom. The van der Waals surface area contributed by atoms with Crippen molar-refractivity contribution in [2.24, 2.45) is 5.41 Å². The number of ether oxygens (including phenoxy) is 1. The minimum Gasteiger partial charge on any atom is -0.497 e. The summed E-state index contributed by atoms with van der Waals surface area (Å²) in [6.45, 7) is 2.60. The van der Waals surface area contributed by atoms with Gasteiger partial charge in [-0.1, -0.05) is 0 Å². The normalized spacial score (nSPS) is 21.0. The number of amides is 1. The molecule has 3 rings (SSSR count). The molecule has 1 aliphatic heterocycles. The Morgan fingerprint density at radius 2 is 2.21 bits per heavy atom. The zero-order chi connectivity index (χ0) is 17.3. The van der Waals surface area contributed by atoms with Crippen LogP contribution in [-0.2, 0) is 16.0 Å². The third-order valence-electron chi connectivity index (χ3n) is 4.88. The number of carboxylic acids is 1. The van der Waals surface area contributed by atoms with Crippen LogP contribution in [0.15, 0.2) is 24.4 Å². The second-order valence-electron chi connectivity index (χ2n) is 6.69. The van der Waals surface area contributed by atoms with Gasteiger partial charge in [0.05, 0.1) is 18.9 Å². The molecule has 0 bridgehead atoms. The lowest BCUT2D eigenvalue weighted by Gasteiger charge is -2.37. The molecule has 6 nitrogen and oxygen atoms in total. The van der Waals surface area contributed by atoms with Crippen LogP contribution in [0.1, 0.15) is 25.3 Å². The number of carboxylic acid groups (broad SMARTS) is 1. The number of carbonyl (C=O) groups is 2. The van der Waals surface area contributed by atoms with E-state index in [1.165, 1.54) is 0 Å². The molecule has 1 fully saturated rings. The zero-order valence-corrected chi connectivity index (χ0v) is 14.0. The number of aliphatic carboxylic acids is 1. The standard InChI is InChI=1S/C18H22N2O4/c1-18(17(22)23)6-3-7-20(11-18)16(21)8-12-10-19-15-5-4-13(24-2)9-14(12)15/h4-5,9-10,19H,3,6-8,11H2,1-2H3,(H,22,23). The molecule has 1 saturated heterocycles. The Hall–Kier alpha value is -2.50. The number of benzene rings is 1. The van der Waals surface area contributed by atoms with Crippen LogP contribution in [0.2, 0.25) is 0 Å². The maximum atomic E-state index is 12.7. The molecule has 0 radical (unpaired) electrons. The number of nitrogens with zero attached hydrogens (tertiary/aromatic N) is 1. The average molecular weight is 330 g/mol. The molecule has 1 atom stereocenters. The molecule has 1 aromatic carbocycles. The van der Waals surface area contributed by atoms with Crippen molar-refractivity contribution in [3.05, 3.63) is 30.0 Å². The smallest absolute Gasteiger partial charge is 0.311 e. The summed E-state index contributed by atoms with van der Waals surface area (Å²) in [6.07, 6.45) is 3.41. The fraction of sp³-hybridized carbons (Fsp3) is 0.444. The molecule has 1 unspecified atom stereocenters. The van der Waals surface area contributed by atoms with Gasteiger partial charge in [-0.25, -0.2) is 0 Å². The van der Waals surface area contributed by atoms with Gasteiger partial charge in [-0.15, -0.1) is 0 Å². The van der Waals surface area contributed by atoms with Crippen LogP contribution < -0.4 is 4.74 Å². The Bertz CT molecular complexity index is 782. The topological polar surface area (TPSA) is 82.6 Å². The van der Waals surface area contributed by atoms with E-state index in [-0.39, 0.29) is 18.9 Å². The largest absolute Gasteiger partial charge is 0.497 e. The number of likely N-dealkylation sites (tertiary alicyclic amines) is 1. The van der Waals surface area contributed by atoms with Gasteiger partial charge in [0.2, 0.25) is 5.91 Å². The van der Waals surface area contributed by atoms with E-state index in [4.69, 9.17) is 4.74 Å². The van der Waals surface area contributed by atoms with Crippen molar-refractivity contribution in [1.29, 1.82) is 0 Å². The Labute approximate surface area is 140 Å². The van der Waals surface area contributed by atoms with Gasteiger partial charge in [0, 0.05) is 30.2 Å². The van der Waals surface area contributed by atoms with E-state index in [1.54, 1.807) is 18.9 Å². The van der Waals surface area contributed by atoms with E-state index in [9.17, 15) is 14.7 Å². The molecule has 2 heterocycles. The van der Waals surface area contributed by atoms with E-state index in [0.717, 1.165) is 28.6 Å². The fourth-order valence-corrected chi connectivity index (χ4v) is 3.33. The number of aromatic nitrogens is 1. The Morgan fingerprint density at radius 1 is 1.42 bits per heavy atom. The van der Waals surface area contributed by atoms with Crippen molar-refractivity contribution in [2.75, 3.05) is 20.2 Å². The van der Waals surface area contributed by atoms with E-state index in [2.05, 4.69) is 4.98 Å².